The van der Waals surface area contributed by atoms with Gasteiger partial charge in [0.2, 0.25) is 0 Å². The fourth-order valence-electron chi connectivity index (χ4n) is 1.98. The summed E-state index contributed by atoms with van der Waals surface area (Å²) in [5, 5.41) is 0. The molecule has 0 aliphatic heterocycles. The minimum atomic E-state index is -0.730. The second-order valence-corrected chi connectivity index (χ2v) is 5.11. The van der Waals surface area contributed by atoms with Crippen molar-refractivity contribution in [1.82, 2.24) is 0 Å². The molecule has 0 aliphatic rings. The molecule has 0 aromatic heterocycles. The summed E-state index contributed by atoms with van der Waals surface area (Å²) < 4.78 is 14.1. The molecule has 0 saturated heterocycles. The zero-order valence-corrected chi connectivity index (χ0v) is 14.1. The monoisotopic (exact) mass is 348 g/mol. The van der Waals surface area contributed by atoms with Gasteiger partial charge in [-0.15, -0.1) is 0 Å². The Bertz CT molecular complexity index is 634. The van der Waals surface area contributed by atoms with E-state index in [1.165, 1.54) is 7.11 Å². The highest BCUT2D eigenvalue weighted by Gasteiger charge is 2.17. The van der Waals surface area contributed by atoms with Crippen LogP contribution in [0, 0.1) is 0 Å². The van der Waals surface area contributed by atoms with Gasteiger partial charge in [0, 0.05) is 31.9 Å². The number of benzene rings is 1. The Morgan fingerprint density at radius 3 is 2.28 bits per heavy atom. The average molecular weight is 348 g/mol. The van der Waals surface area contributed by atoms with Crippen LogP contribution >= 0.6 is 0 Å². The summed E-state index contributed by atoms with van der Waals surface area (Å²) in [6.45, 7) is 1.14. The van der Waals surface area contributed by atoms with Gasteiger partial charge in [0.15, 0.2) is 0 Å². The van der Waals surface area contributed by atoms with E-state index in [0.29, 0.717) is 6.42 Å². The van der Waals surface area contributed by atoms with Crippen LogP contribution in [0.15, 0.2) is 42.5 Å². The second kappa shape index (κ2) is 10.7. The molecule has 0 bridgehead atoms. The van der Waals surface area contributed by atoms with Crippen molar-refractivity contribution >= 4 is 23.9 Å². The van der Waals surface area contributed by atoms with Crippen LogP contribution in [-0.2, 0) is 39.8 Å². The molecule has 1 aromatic rings. The summed E-state index contributed by atoms with van der Waals surface area (Å²) in [7, 11) is 1.19. The third-order valence-electron chi connectivity index (χ3n) is 3.07. The van der Waals surface area contributed by atoms with E-state index in [-0.39, 0.29) is 12.8 Å². The minimum absolute atomic E-state index is 0.0783. The number of carbonyl (C=O) groups excluding carboxylic acids is 4. The molecule has 1 rings (SSSR count). The van der Waals surface area contributed by atoms with Crippen LogP contribution < -0.4 is 0 Å². The van der Waals surface area contributed by atoms with Crippen LogP contribution in [0.2, 0.25) is 0 Å². The average Bonchev–Trinajstić information content (AvgIpc) is 2.58. The van der Waals surface area contributed by atoms with E-state index in [1.807, 2.05) is 30.3 Å². The van der Waals surface area contributed by atoms with Crippen LogP contribution in [0.1, 0.15) is 25.3 Å². The first kappa shape index (κ1) is 20.1. The SMILES string of the molecule is COC(=O)/C=C/C(=O)OC(CCC(=O)OC(C)=O)Cc1ccccc1. The van der Waals surface area contributed by atoms with Crippen LogP contribution in [-0.4, -0.2) is 37.1 Å². The van der Waals surface area contributed by atoms with Gasteiger partial charge in [-0.1, -0.05) is 30.3 Å². The Kier molecular flexibility index (Phi) is 8.63. The lowest BCUT2D eigenvalue weighted by Gasteiger charge is -2.16. The summed E-state index contributed by atoms with van der Waals surface area (Å²) in [4.78, 5) is 45.1. The van der Waals surface area contributed by atoms with Gasteiger partial charge in [-0.25, -0.2) is 9.59 Å². The summed E-state index contributed by atoms with van der Waals surface area (Å²) in [6, 6.07) is 9.26. The third kappa shape index (κ3) is 9.04. The maximum Gasteiger partial charge on any atom is 0.331 e. The number of carbonyl (C=O) groups is 4. The molecule has 0 spiro atoms. The molecule has 0 radical (unpaired) electrons. The summed E-state index contributed by atoms with van der Waals surface area (Å²) in [5.74, 6) is -2.79. The standard InChI is InChI=1S/C18H20O7/c1-13(19)24-17(21)9-8-15(12-14-6-4-3-5-7-14)25-18(22)11-10-16(20)23-2/h3-7,10-11,15H,8-9,12H2,1-2H3/b11-10+. The molecule has 0 fully saturated rings. The number of esters is 4. The Hall–Kier alpha value is -2.96. The molecule has 0 amide bonds. The lowest BCUT2D eigenvalue weighted by Crippen LogP contribution is -2.22. The van der Waals surface area contributed by atoms with Gasteiger partial charge >= 0.3 is 23.9 Å². The van der Waals surface area contributed by atoms with Gasteiger partial charge < -0.3 is 14.2 Å². The molecule has 1 atom stereocenters. The Morgan fingerprint density at radius 2 is 1.68 bits per heavy atom. The van der Waals surface area contributed by atoms with Crippen LogP contribution in [0.4, 0.5) is 0 Å². The number of hydrogen-bond donors (Lipinski definition) is 0. The predicted molar refractivity (Wildman–Crippen MR) is 87.2 cm³/mol. The first-order valence-electron chi connectivity index (χ1n) is 7.62. The Morgan fingerprint density at radius 1 is 1.04 bits per heavy atom. The van der Waals surface area contributed by atoms with Crippen molar-refractivity contribution in [2.75, 3.05) is 7.11 Å². The van der Waals surface area contributed by atoms with Crippen LogP contribution in [0.25, 0.3) is 0 Å². The topological polar surface area (TPSA) is 96.0 Å². The molecular formula is C18H20O7. The molecule has 1 aromatic carbocycles. The van der Waals surface area contributed by atoms with Crippen molar-refractivity contribution in [3.8, 4) is 0 Å². The summed E-state index contributed by atoms with van der Waals surface area (Å²) in [6.07, 6.45) is 1.77. The fourth-order valence-corrected chi connectivity index (χ4v) is 1.98. The normalized spacial score (nSPS) is 11.6. The molecule has 0 heterocycles. The van der Waals surface area contributed by atoms with Crippen molar-refractivity contribution in [1.29, 1.82) is 0 Å². The molecule has 7 heteroatoms. The molecule has 7 nitrogen and oxygen atoms in total. The van der Waals surface area contributed by atoms with Gasteiger partial charge in [-0.3, -0.25) is 9.59 Å². The summed E-state index contributed by atoms with van der Waals surface area (Å²) >= 11 is 0. The van der Waals surface area contributed by atoms with E-state index in [9.17, 15) is 19.2 Å². The highest BCUT2D eigenvalue weighted by Crippen LogP contribution is 2.12. The lowest BCUT2D eigenvalue weighted by molar-refractivity contribution is -0.159. The Balaban J connectivity index is 2.68. The van der Waals surface area contributed by atoms with E-state index in [2.05, 4.69) is 9.47 Å². The molecule has 134 valence electrons. The van der Waals surface area contributed by atoms with E-state index >= 15 is 0 Å². The minimum Gasteiger partial charge on any atom is -0.466 e. The number of ether oxygens (including phenoxy) is 3. The van der Waals surface area contributed by atoms with Gasteiger partial charge in [0.1, 0.15) is 6.10 Å². The van der Waals surface area contributed by atoms with Crippen LogP contribution in [0.3, 0.4) is 0 Å². The molecule has 1 unspecified atom stereocenters. The second-order valence-electron chi connectivity index (χ2n) is 5.11. The number of methoxy groups -OCH3 is 1. The zero-order valence-electron chi connectivity index (χ0n) is 14.1. The molecule has 25 heavy (non-hydrogen) atoms. The maximum absolute atomic E-state index is 11.8. The molecule has 0 saturated carbocycles. The number of rotatable bonds is 8. The number of hydrogen-bond acceptors (Lipinski definition) is 7. The highest BCUT2D eigenvalue weighted by atomic mass is 16.6. The van der Waals surface area contributed by atoms with Crippen molar-refractivity contribution < 1.29 is 33.4 Å². The maximum atomic E-state index is 11.8. The quantitative estimate of drug-likeness (QED) is 0.305. The van der Waals surface area contributed by atoms with Gasteiger partial charge in [0.05, 0.1) is 7.11 Å². The molecule has 0 aliphatic carbocycles. The zero-order chi connectivity index (χ0) is 18.7. The smallest absolute Gasteiger partial charge is 0.331 e. The van der Waals surface area contributed by atoms with Gasteiger partial charge in [-0.05, 0) is 12.0 Å². The third-order valence-corrected chi connectivity index (χ3v) is 3.07. The highest BCUT2D eigenvalue weighted by molar-refractivity contribution is 5.91. The largest absolute Gasteiger partial charge is 0.466 e. The fraction of sp³-hybridized carbons (Fsp3) is 0.333. The van der Waals surface area contributed by atoms with Gasteiger partial charge in [-0.2, -0.15) is 0 Å². The summed E-state index contributed by atoms with van der Waals surface area (Å²) in [5.41, 5.74) is 0.914. The first-order chi connectivity index (χ1) is 11.9. The first-order valence-corrected chi connectivity index (χ1v) is 7.62. The lowest BCUT2D eigenvalue weighted by atomic mass is 10.0. The van der Waals surface area contributed by atoms with Crippen LogP contribution in [0.5, 0.6) is 0 Å². The van der Waals surface area contributed by atoms with Gasteiger partial charge in [0.25, 0.3) is 0 Å². The predicted octanol–water partition coefficient (Wildman–Crippen LogP) is 1.74. The van der Waals surface area contributed by atoms with Crippen molar-refractivity contribution in [2.24, 2.45) is 0 Å². The van der Waals surface area contributed by atoms with E-state index in [1.54, 1.807) is 0 Å². The van der Waals surface area contributed by atoms with Crippen molar-refractivity contribution in [2.45, 2.75) is 32.3 Å². The Labute approximate surface area is 145 Å². The molecule has 0 N–H and O–H groups in total. The van der Waals surface area contributed by atoms with E-state index < -0.39 is 30.0 Å². The van der Waals surface area contributed by atoms with E-state index in [4.69, 9.17) is 4.74 Å². The van der Waals surface area contributed by atoms with Crippen molar-refractivity contribution in [3.05, 3.63) is 48.0 Å². The molecular weight excluding hydrogens is 328 g/mol. The van der Waals surface area contributed by atoms with Crippen molar-refractivity contribution in [3.63, 3.8) is 0 Å². The van der Waals surface area contributed by atoms with E-state index in [0.717, 1.165) is 24.6 Å².